The van der Waals surface area contributed by atoms with Crippen LogP contribution >= 0.6 is 0 Å². The third-order valence-corrected chi connectivity index (χ3v) is 3.53. The van der Waals surface area contributed by atoms with Gasteiger partial charge in [-0.25, -0.2) is 4.79 Å². The number of hydrogen-bond donors (Lipinski definition) is 1. The highest BCUT2D eigenvalue weighted by Crippen LogP contribution is 2.36. The molecule has 2 saturated heterocycles. The monoisotopic (exact) mass is 316 g/mol. The van der Waals surface area contributed by atoms with Crippen LogP contribution in [-0.2, 0) is 28.5 Å². The van der Waals surface area contributed by atoms with E-state index in [1.165, 1.54) is 13.2 Å². The predicted molar refractivity (Wildman–Crippen MR) is 75.9 cm³/mol. The minimum Gasteiger partial charge on any atom is -0.466 e. The fourth-order valence-corrected chi connectivity index (χ4v) is 2.60. The Morgan fingerprint density at radius 1 is 1.23 bits per heavy atom. The van der Waals surface area contributed by atoms with Crippen LogP contribution in [0.5, 0.6) is 0 Å². The Kier molecular flexibility index (Phi) is 4.93. The summed E-state index contributed by atoms with van der Waals surface area (Å²) in [5, 5.41) is 10.3. The lowest BCUT2D eigenvalue weighted by atomic mass is 10.0. The van der Waals surface area contributed by atoms with E-state index in [2.05, 4.69) is 4.74 Å². The van der Waals surface area contributed by atoms with Gasteiger partial charge in [-0.05, 0) is 33.8 Å². The maximum absolute atomic E-state index is 11.1. The van der Waals surface area contributed by atoms with Crippen molar-refractivity contribution in [1.29, 1.82) is 0 Å². The van der Waals surface area contributed by atoms with E-state index in [-0.39, 0.29) is 6.10 Å². The van der Waals surface area contributed by atoms with Gasteiger partial charge in [-0.15, -0.1) is 0 Å². The topological polar surface area (TPSA) is 83.5 Å². The highest BCUT2D eigenvalue weighted by molar-refractivity contribution is 5.81. The van der Waals surface area contributed by atoms with Crippen LogP contribution in [0.2, 0.25) is 0 Å². The van der Waals surface area contributed by atoms with E-state index in [0.717, 1.165) is 6.08 Å². The van der Waals surface area contributed by atoms with E-state index in [1.807, 2.05) is 13.8 Å². The minimum absolute atomic E-state index is 0.348. The second kappa shape index (κ2) is 6.25. The molecule has 4 atom stereocenters. The first kappa shape index (κ1) is 17.4. The number of aliphatic hydroxyl groups excluding tert-OH is 1. The van der Waals surface area contributed by atoms with Crippen molar-refractivity contribution in [1.82, 2.24) is 0 Å². The SMILES string of the molecule is COC(=O)/C=C/[C@H](O)[C@H]1OC(C)(C)O[C@@H]1[C@H]1COC(C)(C)O1. The summed E-state index contributed by atoms with van der Waals surface area (Å²) in [6.45, 7) is 7.50. The number of carbonyl (C=O) groups is 1. The highest BCUT2D eigenvalue weighted by Gasteiger charge is 2.51. The molecule has 0 aromatic heterocycles. The molecule has 0 radical (unpaired) electrons. The first-order chi connectivity index (χ1) is 10.1. The summed E-state index contributed by atoms with van der Waals surface area (Å²) < 4.78 is 27.5. The molecule has 0 amide bonds. The van der Waals surface area contributed by atoms with Gasteiger partial charge in [0, 0.05) is 6.08 Å². The fourth-order valence-electron chi connectivity index (χ4n) is 2.60. The first-order valence-corrected chi connectivity index (χ1v) is 7.25. The van der Waals surface area contributed by atoms with Crippen LogP contribution in [0.15, 0.2) is 12.2 Å². The number of esters is 1. The average Bonchev–Trinajstić information content (AvgIpc) is 2.94. The Labute approximate surface area is 130 Å². The van der Waals surface area contributed by atoms with E-state index < -0.39 is 35.9 Å². The third-order valence-electron chi connectivity index (χ3n) is 3.53. The van der Waals surface area contributed by atoms with Crippen molar-refractivity contribution in [2.75, 3.05) is 13.7 Å². The number of hydrogen-bond acceptors (Lipinski definition) is 7. The van der Waals surface area contributed by atoms with Gasteiger partial charge in [0.15, 0.2) is 11.6 Å². The zero-order valence-corrected chi connectivity index (χ0v) is 13.6. The molecule has 2 aliphatic heterocycles. The molecule has 2 heterocycles. The van der Waals surface area contributed by atoms with E-state index in [0.29, 0.717) is 6.61 Å². The Morgan fingerprint density at radius 2 is 1.91 bits per heavy atom. The largest absolute Gasteiger partial charge is 0.466 e. The van der Waals surface area contributed by atoms with E-state index in [1.54, 1.807) is 13.8 Å². The normalized spacial score (nSPS) is 34.9. The Bertz CT molecular complexity index is 443. The van der Waals surface area contributed by atoms with Crippen LogP contribution in [-0.4, -0.2) is 60.8 Å². The summed E-state index contributed by atoms with van der Waals surface area (Å²) >= 11 is 0. The van der Waals surface area contributed by atoms with Crippen LogP contribution in [0.4, 0.5) is 0 Å². The number of ether oxygens (including phenoxy) is 5. The maximum Gasteiger partial charge on any atom is 0.330 e. The lowest BCUT2D eigenvalue weighted by Crippen LogP contribution is -2.43. The van der Waals surface area contributed by atoms with Crippen molar-refractivity contribution in [3.63, 3.8) is 0 Å². The summed E-state index contributed by atoms with van der Waals surface area (Å²) in [6.07, 6.45) is -0.0738. The molecule has 1 N–H and O–H groups in total. The summed E-state index contributed by atoms with van der Waals surface area (Å²) in [4.78, 5) is 11.1. The van der Waals surface area contributed by atoms with Crippen LogP contribution in [0.25, 0.3) is 0 Å². The highest BCUT2D eigenvalue weighted by atomic mass is 16.8. The Morgan fingerprint density at radius 3 is 2.45 bits per heavy atom. The van der Waals surface area contributed by atoms with Gasteiger partial charge in [-0.1, -0.05) is 0 Å². The molecule has 2 aliphatic rings. The van der Waals surface area contributed by atoms with Gasteiger partial charge in [-0.3, -0.25) is 0 Å². The van der Waals surface area contributed by atoms with Gasteiger partial charge in [0.2, 0.25) is 0 Å². The molecular formula is C15H24O7. The summed E-state index contributed by atoms with van der Waals surface area (Å²) in [5.74, 6) is -2.10. The summed E-state index contributed by atoms with van der Waals surface area (Å²) in [6, 6.07) is 0. The Hall–Kier alpha value is -0.990. The van der Waals surface area contributed by atoms with Crippen LogP contribution in [0, 0.1) is 0 Å². The number of methoxy groups -OCH3 is 1. The van der Waals surface area contributed by atoms with Crippen molar-refractivity contribution in [2.45, 2.75) is 63.7 Å². The van der Waals surface area contributed by atoms with Crippen molar-refractivity contribution < 1.29 is 33.6 Å². The quantitative estimate of drug-likeness (QED) is 0.605. The van der Waals surface area contributed by atoms with E-state index in [9.17, 15) is 9.90 Å². The number of carbonyl (C=O) groups excluding carboxylic acids is 1. The van der Waals surface area contributed by atoms with Crippen molar-refractivity contribution in [3.05, 3.63) is 12.2 Å². The molecule has 126 valence electrons. The van der Waals surface area contributed by atoms with Crippen LogP contribution < -0.4 is 0 Å². The zero-order valence-electron chi connectivity index (χ0n) is 13.6. The fraction of sp³-hybridized carbons (Fsp3) is 0.800. The van der Waals surface area contributed by atoms with Crippen molar-refractivity contribution in [3.8, 4) is 0 Å². The lowest BCUT2D eigenvalue weighted by molar-refractivity contribution is -0.175. The second-order valence-corrected chi connectivity index (χ2v) is 6.30. The number of aliphatic hydroxyl groups is 1. The average molecular weight is 316 g/mol. The molecule has 0 spiro atoms. The molecule has 0 aromatic rings. The molecule has 2 rings (SSSR count). The molecular weight excluding hydrogens is 292 g/mol. The predicted octanol–water partition coefficient (Wildman–Crippen LogP) is 0.748. The molecule has 7 heteroatoms. The van der Waals surface area contributed by atoms with Gasteiger partial charge in [0.1, 0.15) is 24.4 Å². The smallest absolute Gasteiger partial charge is 0.330 e. The van der Waals surface area contributed by atoms with E-state index in [4.69, 9.17) is 18.9 Å². The second-order valence-electron chi connectivity index (χ2n) is 6.30. The molecule has 0 unspecified atom stereocenters. The van der Waals surface area contributed by atoms with Gasteiger partial charge in [0.05, 0.1) is 13.7 Å². The minimum atomic E-state index is -1.03. The van der Waals surface area contributed by atoms with Crippen molar-refractivity contribution in [2.24, 2.45) is 0 Å². The molecule has 0 aromatic carbocycles. The lowest BCUT2D eigenvalue weighted by Gasteiger charge is -2.25. The molecule has 0 saturated carbocycles. The molecule has 2 fully saturated rings. The van der Waals surface area contributed by atoms with Crippen LogP contribution in [0.1, 0.15) is 27.7 Å². The zero-order chi connectivity index (χ0) is 16.5. The van der Waals surface area contributed by atoms with Crippen LogP contribution in [0.3, 0.4) is 0 Å². The molecule has 0 aliphatic carbocycles. The van der Waals surface area contributed by atoms with Gasteiger partial charge in [-0.2, -0.15) is 0 Å². The van der Waals surface area contributed by atoms with Gasteiger partial charge >= 0.3 is 5.97 Å². The number of rotatable bonds is 4. The maximum atomic E-state index is 11.1. The summed E-state index contributed by atoms with van der Waals surface area (Å²) in [7, 11) is 1.27. The first-order valence-electron chi connectivity index (χ1n) is 7.25. The summed E-state index contributed by atoms with van der Waals surface area (Å²) in [5.41, 5.74) is 0. The van der Waals surface area contributed by atoms with Gasteiger partial charge in [0.25, 0.3) is 0 Å². The standard InChI is InChI=1S/C15H24O7/c1-14(2)19-8-10(20-14)13-12(21-15(3,4)22-13)9(16)6-7-11(17)18-5/h6-7,9-10,12-13,16H,8H2,1-5H3/b7-6+/t9-,10+,12+,13+/m0/s1. The Balaban J connectivity index is 2.10. The van der Waals surface area contributed by atoms with Gasteiger partial charge < -0.3 is 28.8 Å². The molecule has 22 heavy (non-hydrogen) atoms. The third kappa shape index (κ3) is 4.05. The van der Waals surface area contributed by atoms with E-state index >= 15 is 0 Å². The molecule has 7 nitrogen and oxygen atoms in total. The molecule has 0 bridgehead atoms. The van der Waals surface area contributed by atoms with Crippen molar-refractivity contribution >= 4 is 5.97 Å².